The number of hydrogen-bond acceptors (Lipinski definition) is 4. The van der Waals surface area contributed by atoms with Crippen LogP contribution in [-0.4, -0.2) is 43.8 Å². The molecule has 3 rings (SSSR count). The summed E-state index contributed by atoms with van der Waals surface area (Å²) in [5, 5.41) is 40.9. The van der Waals surface area contributed by atoms with Crippen LogP contribution in [0, 0.1) is 23.2 Å². The van der Waals surface area contributed by atoms with Crippen molar-refractivity contribution in [2.24, 2.45) is 23.2 Å². The topological polar surface area (TPSA) is 80.9 Å². The van der Waals surface area contributed by atoms with Gasteiger partial charge in [0.15, 0.2) is 0 Å². The van der Waals surface area contributed by atoms with Gasteiger partial charge in [0.25, 0.3) is 0 Å². The number of rotatable bonds is 10. The third-order valence-corrected chi connectivity index (χ3v) is 9.60. The number of fused-ring (bicyclic) bond motifs is 1. The Morgan fingerprint density at radius 3 is 2.19 bits per heavy atom. The smallest absolute Gasteiger partial charge is 0.0811 e. The molecular formula is C32H54O4. The van der Waals surface area contributed by atoms with Crippen LogP contribution < -0.4 is 0 Å². The van der Waals surface area contributed by atoms with Gasteiger partial charge in [0.1, 0.15) is 0 Å². The Morgan fingerprint density at radius 1 is 1.00 bits per heavy atom. The van der Waals surface area contributed by atoms with Crippen LogP contribution in [-0.2, 0) is 0 Å². The normalized spacial score (nSPS) is 34.1. The van der Waals surface area contributed by atoms with Crippen LogP contribution in [0.25, 0.3) is 0 Å². The van der Waals surface area contributed by atoms with Gasteiger partial charge in [-0.3, -0.25) is 0 Å². The summed E-state index contributed by atoms with van der Waals surface area (Å²) in [7, 11) is 0. The highest BCUT2D eigenvalue weighted by atomic mass is 16.3. The molecular weight excluding hydrogens is 448 g/mol. The molecule has 0 aromatic carbocycles. The molecule has 0 unspecified atom stereocenters. The van der Waals surface area contributed by atoms with Crippen molar-refractivity contribution in [3.05, 3.63) is 35.5 Å². The van der Waals surface area contributed by atoms with E-state index in [9.17, 15) is 20.4 Å². The molecule has 4 nitrogen and oxygen atoms in total. The highest BCUT2D eigenvalue weighted by Gasteiger charge is 2.51. The van der Waals surface area contributed by atoms with Crippen molar-refractivity contribution in [2.75, 3.05) is 0 Å². The molecule has 0 aliphatic heterocycles. The van der Waals surface area contributed by atoms with E-state index < -0.39 is 23.4 Å². The maximum absolute atomic E-state index is 10.3. The van der Waals surface area contributed by atoms with E-state index in [2.05, 4.69) is 25.7 Å². The fourth-order valence-electron chi connectivity index (χ4n) is 7.66. The first-order valence-corrected chi connectivity index (χ1v) is 14.6. The lowest BCUT2D eigenvalue weighted by Crippen LogP contribution is -2.37. The van der Waals surface area contributed by atoms with Gasteiger partial charge in [-0.2, -0.15) is 0 Å². The molecule has 3 fully saturated rings. The molecule has 0 heterocycles. The standard InChI is InChI=1S/C32H54O4/c1-22-25(20-26(33)21-29(22)34)14-13-24-12-9-19-32(6)27(15-16-28(24)32)23(10-7-17-30(2,3)35)11-8-18-31(4,5)36/h13-14,23,26-29,33-36H,1,7-12,15-21H2,2-6H3/t26-,27+,28-,29+,32+/m0/s1. The van der Waals surface area contributed by atoms with E-state index in [0.29, 0.717) is 36.0 Å². The van der Waals surface area contributed by atoms with E-state index >= 15 is 0 Å². The van der Waals surface area contributed by atoms with Crippen molar-refractivity contribution in [2.45, 2.75) is 141 Å². The Labute approximate surface area is 220 Å². The van der Waals surface area contributed by atoms with Crippen LogP contribution in [0.3, 0.4) is 0 Å². The molecule has 0 aromatic heterocycles. The van der Waals surface area contributed by atoms with Gasteiger partial charge in [-0.05, 0) is 113 Å². The molecule has 0 aromatic rings. The van der Waals surface area contributed by atoms with Crippen LogP contribution in [0.5, 0.6) is 0 Å². The zero-order valence-corrected chi connectivity index (χ0v) is 23.7. The lowest BCUT2D eigenvalue weighted by Gasteiger charge is -2.45. The minimum atomic E-state index is -0.639. The fourth-order valence-corrected chi connectivity index (χ4v) is 7.66. The van der Waals surface area contributed by atoms with E-state index in [0.717, 1.165) is 56.1 Å². The zero-order valence-electron chi connectivity index (χ0n) is 23.7. The first-order chi connectivity index (χ1) is 16.7. The number of allylic oxidation sites excluding steroid dienone is 3. The summed E-state index contributed by atoms with van der Waals surface area (Å²) >= 11 is 0. The largest absolute Gasteiger partial charge is 0.393 e. The van der Waals surface area contributed by atoms with Gasteiger partial charge in [0.2, 0.25) is 0 Å². The van der Waals surface area contributed by atoms with Crippen molar-refractivity contribution in [3.63, 3.8) is 0 Å². The zero-order chi connectivity index (χ0) is 26.7. The van der Waals surface area contributed by atoms with Crippen molar-refractivity contribution < 1.29 is 20.4 Å². The summed E-state index contributed by atoms with van der Waals surface area (Å²) in [6.45, 7) is 14.3. The predicted octanol–water partition coefficient (Wildman–Crippen LogP) is 6.63. The van der Waals surface area contributed by atoms with E-state index in [-0.39, 0.29) is 0 Å². The molecule has 0 radical (unpaired) electrons. The Kier molecular flexibility index (Phi) is 9.74. The SMILES string of the molecule is C=C1C(=CC=C2CCC[C@]3(C)[C@@H](C(CCCC(C)(C)O)CCCC(C)(C)O)CC[C@@H]23)C[C@H](O)C[C@H]1O. The van der Waals surface area contributed by atoms with E-state index in [1.54, 1.807) is 0 Å². The predicted molar refractivity (Wildman–Crippen MR) is 149 cm³/mol. The molecule has 36 heavy (non-hydrogen) atoms. The summed E-state index contributed by atoms with van der Waals surface area (Å²) in [6.07, 6.45) is 16.5. The minimum absolute atomic E-state index is 0.291. The van der Waals surface area contributed by atoms with Crippen LogP contribution in [0.1, 0.15) is 118 Å². The number of aliphatic hydroxyl groups excluding tert-OH is 2. The van der Waals surface area contributed by atoms with Crippen LogP contribution >= 0.6 is 0 Å². The molecule has 0 bridgehead atoms. The van der Waals surface area contributed by atoms with Crippen molar-refractivity contribution in [3.8, 4) is 0 Å². The summed E-state index contributed by atoms with van der Waals surface area (Å²) in [4.78, 5) is 0. The summed E-state index contributed by atoms with van der Waals surface area (Å²) < 4.78 is 0. The van der Waals surface area contributed by atoms with Crippen LogP contribution in [0.15, 0.2) is 35.5 Å². The first-order valence-electron chi connectivity index (χ1n) is 14.6. The Morgan fingerprint density at radius 2 is 1.61 bits per heavy atom. The average Bonchev–Trinajstić information content (AvgIpc) is 3.10. The van der Waals surface area contributed by atoms with E-state index in [1.807, 2.05) is 27.7 Å². The third-order valence-electron chi connectivity index (χ3n) is 9.60. The Bertz CT molecular complexity index is 791. The molecule has 3 saturated carbocycles. The molecule has 206 valence electrons. The van der Waals surface area contributed by atoms with Gasteiger partial charge >= 0.3 is 0 Å². The molecule has 5 atom stereocenters. The second-order valence-corrected chi connectivity index (χ2v) is 13.8. The van der Waals surface area contributed by atoms with E-state index in [1.165, 1.54) is 31.3 Å². The van der Waals surface area contributed by atoms with Crippen molar-refractivity contribution in [1.29, 1.82) is 0 Å². The van der Waals surface area contributed by atoms with Crippen LogP contribution in [0.4, 0.5) is 0 Å². The number of aliphatic hydroxyl groups is 4. The summed E-state index contributed by atoms with van der Waals surface area (Å²) in [5.41, 5.74) is 2.36. The van der Waals surface area contributed by atoms with Gasteiger partial charge in [0.05, 0.1) is 23.4 Å². The van der Waals surface area contributed by atoms with Gasteiger partial charge in [-0.25, -0.2) is 0 Å². The monoisotopic (exact) mass is 502 g/mol. The Balaban J connectivity index is 1.77. The lowest BCUT2D eigenvalue weighted by atomic mass is 9.60. The third kappa shape index (κ3) is 7.79. The molecule has 4 heteroatoms. The molecule has 0 amide bonds. The Hall–Kier alpha value is -0.940. The molecule has 3 aliphatic carbocycles. The highest BCUT2D eigenvalue weighted by molar-refractivity contribution is 5.38. The first kappa shape index (κ1) is 29.6. The maximum atomic E-state index is 10.3. The second kappa shape index (κ2) is 11.8. The lowest BCUT2D eigenvalue weighted by molar-refractivity contribution is 0.0480. The highest BCUT2D eigenvalue weighted by Crippen LogP contribution is 2.60. The fraction of sp³-hybridized carbons (Fsp3) is 0.812. The minimum Gasteiger partial charge on any atom is -0.393 e. The van der Waals surface area contributed by atoms with Crippen molar-refractivity contribution >= 4 is 0 Å². The summed E-state index contributed by atoms with van der Waals surface area (Å²) in [6, 6.07) is 0. The maximum Gasteiger partial charge on any atom is 0.0811 e. The van der Waals surface area contributed by atoms with Crippen molar-refractivity contribution in [1.82, 2.24) is 0 Å². The molecule has 3 aliphatic rings. The van der Waals surface area contributed by atoms with Gasteiger partial charge in [-0.1, -0.05) is 56.9 Å². The quantitative estimate of drug-likeness (QED) is 0.270. The van der Waals surface area contributed by atoms with Crippen LogP contribution in [0.2, 0.25) is 0 Å². The average molecular weight is 503 g/mol. The van der Waals surface area contributed by atoms with E-state index in [4.69, 9.17) is 0 Å². The van der Waals surface area contributed by atoms with Gasteiger partial charge in [-0.15, -0.1) is 0 Å². The second-order valence-electron chi connectivity index (χ2n) is 13.8. The number of hydrogen-bond donors (Lipinski definition) is 4. The summed E-state index contributed by atoms with van der Waals surface area (Å²) in [5.74, 6) is 1.90. The molecule has 4 N–H and O–H groups in total. The molecule has 0 spiro atoms. The molecule has 0 saturated heterocycles. The van der Waals surface area contributed by atoms with Gasteiger partial charge < -0.3 is 20.4 Å². The van der Waals surface area contributed by atoms with Gasteiger partial charge in [0, 0.05) is 6.42 Å².